The minimum absolute atomic E-state index is 0.893. The molecule has 2 aromatic rings. The smallest absolute Gasteiger partial charge is 0.00257 e. The van der Waals surface area contributed by atoms with Crippen LogP contribution in [0.25, 0.3) is 11.1 Å². The molecule has 0 spiro atoms. The van der Waals surface area contributed by atoms with Crippen molar-refractivity contribution in [3.05, 3.63) is 84.4 Å². The molecule has 0 atom stereocenters. The molecule has 0 bridgehead atoms. The van der Waals surface area contributed by atoms with Gasteiger partial charge in [0.15, 0.2) is 0 Å². The number of hydrogen-bond acceptors (Lipinski definition) is 0. The number of hydrogen-bond donors (Lipinski definition) is 0. The van der Waals surface area contributed by atoms with E-state index in [0.29, 0.717) is 0 Å². The van der Waals surface area contributed by atoms with Crippen molar-refractivity contribution in [1.82, 2.24) is 0 Å². The summed E-state index contributed by atoms with van der Waals surface area (Å²) in [5, 5.41) is 0. The molecule has 0 aromatic heterocycles. The molecule has 0 heterocycles. The molecule has 0 saturated carbocycles. The molecule has 2 aromatic carbocycles. The Kier molecular flexibility index (Phi) is 4.95. The van der Waals surface area contributed by atoms with E-state index in [1.165, 1.54) is 22.3 Å². The van der Waals surface area contributed by atoms with Crippen LogP contribution in [0.15, 0.2) is 67.8 Å². The van der Waals surface area contributed by atoms with Crippen LogP contribution in [-0.2, 0) is 6.42 Å². The predicted molar refractivity (Wildman–Crippen MR) is 89.6 cm³/mol. The van der Waals surface area contributed by atoms with E-state index < -0.39 is 0 Å². The monoisotopic (exact) mass is 262 g/mol. The normalized spacial score (nSPS) is 10.2. The Labute approximate surface area is 122 Å². The molecule has 0 nitrogen and oxygen atoms in total. The fourth-order valence-corrected chi connectivity index (χ4v) is 2.33. The van der Waals surface area contributed by atoms with E-state index in [-0.39, 0.29) is 0 Å². The Hall–Kier alpha value is -2.08. The van der Waals surface area contributed by atoms with Gasteiger partial charge in [0, 0.05) is 0 Å². The first-order valence-corrected chi connectivity index (χ1v) is 7.21. The maximum atomic E-state index is 4.19. The van der Waals surface area contributed by atoms with Crippen molar-refractivity contribution in [3.8, 4) is 0 Å². The van der Waals surface area contributed by atoms with Crippen molar-refractivity contribution >= 4 is 11.1 Å². The summed E-state index contributed by atoms with van der Waals surface area (Å²) >= 11 is 0. The highest BCUT2D eigenvalue weighted by atomic mass is 14.1. The molecule has 102 valence electrons. The highest BCUT2D eigenvalue weighted by Crippen LogP contribution is 2.21. The first-order chi connectivity index (χ1) is 9.70. The number of benzene rings is 2. The van der Waals surface area contributed by atoms with Crippen LogP contribution in [0.5, 0.6) is 0 Å². The first-order valence-electron chi connectivity index (χ1n) is 7.21. The molecule has 20 heavy (non-hydrogen) atoms. The van der Waals surface area contributed by atoms with Crippen LogP contribution in [0.1, 0.15) is 36.5 Å². The lowest BCUT2D eigenvalue weighted by atomic mass is 9.97. The zero-order chi connectivity index (χ0) is 14.4. The molecule has 0 aliphatic carbocycles. The minimum atomic E-state index is 0.893. The van der Waals surface area contributed by atoms with Crippen molar-refractivity contribution in [2.75, 3.05) is 0 Å². The van der Waals surface area contributed by atoms with E-state index in [1.807, 2.05) is 6.07 Å². The van der Waals surface area contributed by atoms with Crippen molar-refractivity contribution in [2.24, 2.45) is 0 Å². The SMILES string of the molecule is C=C(CCC)c1ccc(CC(=C)c2ccccc2)cc1. The lowest BCUT2D eigenvalue weighted by Crippen LogP contribution is -1.90. The summed E-state index contributed by atoms with van der Waals surface area (Å²) in [5.41, 5.74) is 6.14. The average Bonchev–Trinajstić information content (AvgIpc) is 2.49. The Morgan fingerprint density at radius 1 is 0.800 bits per heavy atom. The largest absolute Gasteiger partial charge is 0.0952 e. The summed E-state index contributed by atoms with van der Waals surface area (Å²) in [6.07, 6.45) is 3.10. The third kappa shape index (κ3) is 3.71. The van der Waals surface area contributed by atoms with Gasteiger partial charge in [0.25, 0.3) is 0 Å². The van der Waals surface area contributed by atoms with Crippen LogP contribution < -0.4 is 0 Å². The van der Waals surface area contributed by atoms with Gasteiger partial charge in [0.05, 0.1) is 0 Å². The van der Waals surface area contributed by atoms with Gasteiger partial charge in [-0.1, -0.05) is 81.1 Å². The Balaban J connectivity index is 2.04. The summed E-state index contributed by atoms with van der Waals surface area (Å²) in [6, 6.07) is 19.1. The van der Waals surface area contributed by atoms with Crippen LogP contribution in [0, 0.1) is 0 Å². The van der Waals surface area contributed by atoms with Gasteiger partial charge in [-0.05, 0) is 40.7 Å². The second kappa shape index (κ2) is 6.91. The summed E-state index contributed by atoms with van der Waals surface area (Å²) in [7, 11) is 0. The molecule has 2 rings (SSSR count). The van der Waals surface area contributed by atoms with Crippen LogP contribution in [0.2, 0.25) is 0 Å². The molecule has 0 radical (unpaired) electrons. The molecule has 0 saturated heterocycles. The fraction of sp³-hybridized carbons (Fsp3) is 0.200. The Morgan fingerprint density at radius 3 is 2.00 bits per heavy atom. The number of allylic oxidation sites excluding steroid dienone is 2. The molecule has 0 aliphatic heterocycles. The molecule has 0 aliphatic rings. The molecule has 0 amide bonds. The molecule has 0 fully saturated rings. The fourth-order valence-electron chi connectivity index (χ4n) is 2.33. The third-order valence-corrected chi connectivity index (χ3v) is 3.51. The Bertz CT molecular complexity index is 573. The molecule has 0 unspecified atom stereocenters. The summed E-state index contributed by atoms with van der Waals surface area (Å²) in [5.74, 6) is 0. The van der Waals surface area contributed by atoms with Crippen molar-refractivity contribution in [1.29, 1.82) is 0 Å². The van der Waals surface area contributed by atoms with E-state index >= 15 is 0 Å². The van der Waals surface area contributed by atoms with E-state index in [4.69, 9.17) is 0 Å². The zero-order valence-electron chi connectivity index (χ0n) is 12.2. The van der Waals surface area contributed by atoms with Gasteiger partial charge < -0.3 is 0 Å². The molecular weight excluding hydrogens is 240 g/mol. The maximum Gasteiger partial charge on any atom is -0.00257 e. The van der Waals surface area contributed by atoms with E-state index in [2.05, 4.69) is 68.6 Å². The number of rotatable bonds is 6. The van der Waals surface area contributed by atoms with Crippen molar-refractivity contribution < 1.29 is 0 Å². The summed E-state index contributed by atoms with van der Waals surface area (Å²) in [6.45, 7) is 10.5. The zero-order valence-corrected chi connectivity index (χ0v) is 12.2. The highest BCUT2D eigenvalue weighted by molar-refractivity contribution is 5.67. The average molecular weight is 262 g/mol. The first kappa shape index (κ1) is 14.3. The van der Waals surface area contributed by atoms with Gasteiger partial charge in [0.1, 0.15) is 0 Å². The molecular formula is C20H22. The van der Waals surface area contributed by atoms with E-state index in [9.17, 15) is 0 Å². The molecule has 0 heteroatoms. The van der Waals surface area contributed by atoms with Crippen LogP contribution in [0.4, 0.5) is 0 Å². The summed E-state index contributed by atoms with van der Waals surface area (Å²) in [4.78, 5) is 0. The second-order valence-corrected chi connectivity index (χ2v) is 5.20. The van der Waals surface area contributed by atoms with Crippen LogP contribution >= 0.6 is 0 Å². The summed E-state index contributed by atoms with van der Waals surface area (Å²) < 4.78 is 0. The van der Waals surface area contributed by atoms with Gasteiger partial charge in [-0.2, -0.15) is 0 Å². The standard InChI is InChI=1S/C20H22/c1-4-8-16(2)20-13-11-18(12-14-20)15-17(3)19-9-6-5-7-10-19/h5-7,9-14H,2-4,8,15H2,1H3. The van der Waals surface area contributed by atoms with Crippen LogP contribution in [0.3, 0.4) is 0 Å². The topological polar surface area (TPSA) is 0 Å². The lowest BCUT2D eigenvalue weighted by molar-refractivity contribution is 0.975. The van der Waals surface area contributed by atoms with Gasteiger partial charge in [0.2, 0.25) is 0 Å². The Morgan fingerprint density at radius 2 is 1.40 bits per heavy atom. The van der Waals surface area contributed by atoms with Gasteiger partial charge in [-0.3, -0.25) is 0 Å². The lowest BCUT2D eigenvalue weighted by Gasteiger charge is -2.08. The molecule has 0 N–H and O–H groups in total. The second-order valence-electron chi connectivity index (χ2n) is 5.20. The quantitative estimate of drug-likeness (QED) is 0.621. The van der Waals surface area contributed by atoms with Gasteiger partial charge in [-0.15, -0.1) is 0 Å². The van der Waals surface area contributed by atoms with Crippen molar-refractivity contribution in [3.63, 3.8) is 0 Å². The van der Waals surface area contributed by atoms with Crippen molar-refractivity contribution in [2.45, 2.75) is 26.2 Å². The van der Waals surface area contributed by atoms with Crippen LogP contribution in [-0.4, -0.2) is 0 Å². The highest BCUT2D eigenvalue weighted by Gasteiger charge is 2.02. The predicted octanol–water partition coefficient (Wildman–Crippen LogP) is 5.76. The van der Waals surface area contributed by atoms with Gasteiger partial charge in [-0.25, -0.2) is 0 Å². The van der Waals surface area contributed by atoms with E-state index in [1.54, 1.807) is 0 Å². The van der Waals surface area contributed by atoms with Gasteiger partial charge >= 0.3 is 0 Å². The minimum Gasteiger partial charge on any atom is -0.0952 e. The third-order valence-electron chi connectivity index (χ3n) is 3.51. The maximum absolute atomic E-state index is 4.19. The van der Waals surface area contributed by atoms with E-state index in [0.717, 1.165) is 24.8 Å².